The van der Waals surface area contributed by atoms with Gasteiger partial charge in [0, 0.05) is 14.1 Å². The Kier molecular flexibility index (Phi) is 6.34. The van der Waals surface area contributed by atoms with E-state index >= 15 is 0 Å². The van der Waals surface area contributed by atoms with Crippen molar-refractivity contribution in [2.24, 2.45) is 0 Å². The molecule has 1 N–H and O–H groups in total. The molecule has 0 saturated carbocycles. The van der Waals surface area contributed by atoms with Gasteiger partial charge in [-0.2, -0.15) is 0 Å². The predicted molar refractivity (Wildman–Crippen MR) is 53.9 cm³/mol. The summed E-state index contributed by atoms with van der Waals surface area (Å²) in [5, 5.41) is 1.88. The molecule has 0 fully saturated rings. The van der Waals surface area contributed by atoms with Crippen molar-refractivity contribution in [2.45, 2.75) is 6.92 Å². The summed E-state index contributed by atoms with van der Waals surface area (Å²) in [5.41, 5.74) is 4.18. The quantitative estimate of drug-likeness (QED) is 0.638. The van der Waals surface area contributed by atoms with Crippen molar-refractivity contribution in [1.82, 2.24) is 10.4 Å². The van der Waals surface area contributed by atoms with Crippen LogP contribution in [0.5, 0.6) is 0 Å². The lowest BCUT2D eigenvalue weighted by molar-refractivity contribution is 0.323. The van der Waals surface area contributed by atoms with Gasteiger partial charge in [-0.15, -0.1) is 0 Å². The largest absolute Gasteiger partial charge is 0.259 e. The monoisotopic (exact) mass is 166 g/mol. The molecule has 12 heavy (non-hydrogen) atoms. The molecule has 2 heteroatoms. The summed E-state index contributed by atoms with van der Waals surface area (Å²) in [6.45, 7) is 2.08. The Morgan fingerprint density at radius 2 is 1.50 bits per heavy atom. The Balaban J connectivity index is 0.000000217. The van der Waals surface area contributed by atoms with E-state index in [9.17, 15) is 0 Å². The van der Waals surface area contributed by atoms with Crippen LogP contribution in [-0.4, -0.2) is 26.2 Å². The topological polar surface area (TPSA) is 15.3 Å². The van der Waals surface area contributed by atoms with E-state index in [1.54, 1.807) is 0 Å². The maximum Gasteiger partial charge on any atom is 0.00128 e. The Labute approximate surface area is 75.2 Å². The normalized spacial score (nSPS) is 9.08. The average Bonchev–Trinajstić information content (AvgIpc) is 2.07. The van der Waals surface area contributed by atoms with Crippen LogP contribution in [0.2, 0.25) is 0 Å². The standard InChI is InChI=1S/C7H8.C3H10N2/c1-7-5-3-2-4-6-7;1-4-5(2)3/h2-6H,1H3;4H,1-3H3. The van der Waals surface area contributed by atoms with Crippen molar-refractivity contribution in [3.63, 3.8) is 0 Å². The molecular weight excluding hydrogens is 148 g/mol. The van der Waals surface area contributed by atoms with E-state index in [4.69, 9.17) is 0 Å². The number of aryl methyl sites for hydroxylation is 1. The van der Waals surface area contributed by atoms with Gasteiger partial charge in [0.05, 0.1) is 0 Å². The molecule has 0 atom stereocenters. The highest BCUT2D eigenvalue weighted by molar-refractivity contribution is 5.11. The van der Waals surface area contributed by atoms with Crippen LogP contribution in [0.25, 0.3) is 0 Å². The number of hydrogen-bond donors (Lipinski definition) is 1. The summed E-state index contributed by atoms with van der Waals surface area (Å²) < 4.78 is 0. The zero-order valence-corrected chi connectivity index (χ0v) is 8.33. The summed E-state index contributed by atoms with van der Waals surface area (Å²) in [5.74, 6) is 0. The molecular formula is C10H18N2. The second-order valence-corrected chi connectivity index (χ2v) is 2.77. The Hall–Kier alpha value is -0.860. The number of nitrogens with zero attached hydrogens (tertiary/aromatic N) is 1. The van der Waals surface area contributed by atoms with E-state index in [1.165, 1.54) is 5.56 Å². The highest BCUT2D eigenvalue weighted by Crippen LogP contribution is 1.92. The molecule has 0 radical (unpaired) electrons. The van der Waals surface area contributed by atoms with E-state index in [-0.39, 0.29) is 0 Å². The third-order valence-electron chi connectivity index (χ3n) is 1.39. The van der Waals surface area contributed by atoms with Crippen molar-refractivity contribution in [2.75, 3.05) is 21.1 Å². The van der Waals surface area contributed by atoms with Gasteiger partial charge < -0.3 is 0 Å². The molecule has 0 heterocycles. The van der Waals surface area contributed by atoms with Crippen molar-refractivity contribution < 1.29 is 0 Å². The molecule has 0 aliphatic rings. The second kappa shape index (κ2) is 6.83. The molecule has 0 unspecified atom stereocenters. The maximum absolute atomic E-state index is 2.86. The Morgan fingerprint density at radius 3 is 1.67 bits per heavy atom. The van der Waals surface area contributed by atoms with Crippen LogP contribution >= 0.6 is 0 Å². The minimum absolute atomic E-state index is 1.32. The molecule has 0 bridgehead atoms. The van der Waals surface area contributed by atoms with Gasteiger partial charge in [0.15, 0.2) is 0 Å². The summed E-state index contributed by atoms with van der Waals surface area (Å²) in [4.78, 5) is 0. The van der Waals surface area contributed by atoms with Crippen LogP contribution < -0.4 is 5.43 Å². The van der Waals surface area contributed by atoms with Crippen molar-refractivity contribution in [3.8, 4) is 0 Å². The van der Waals surface area contributed by atoms with Crippen LogP contribution in [0.3, 0.4) is 0 Å². The van der Waals surface area contributed by atoms with Gasteiger partial charge in [-0.05, 0) is 14.0 Å². The minimum Gasteiger partial charge on any atom is -0.259 e. The molecule has 0 spiro atoms. The lowest BCUT2D eigenvalue weighted by Gasteiger charge is -2.02. The highest BCUT2D eigenvalue weighted by Gasteiger charge is 1.72. The lowest BCUT2D eigenvalue weighted by atomic mass is 10.2. The van der Waals surface area contributed by atoms with E-state index in [0.29, 0.717) is 0 Å². The second-order valence-electron chi connectivity index (χ2n) is 2.77. The van der Waals surface area contributed by atoms with Crippen LogP contribution in [-0.2, 0) is 0 Å². The minimum atomic E-state index is 1.32. The average molecular weight is 166 g/mol. The summed E-state index contributed by atoms with van der Waals surface area (Å²) in [7, 11) is 5.76. The number of hydrogen-bond acceptors (Lipinski definition) is 2. The van der Waals surface area contributed by atoms with E-state index in [2.05, 4.69) is 24.5 Å². The third-order valence-corrected chi connectivity index (χ3v) is 1.39. The molecule has 68 valence electrons. The first-order valence-corrected chi connectivity index (χ1v) is 4.03. The van der Waals surface area contributed by atoms with Crippen LogP contribution in [0.1, 0.15) is 5.56 Å². The number of benzene rings is 1. The number of nitrogens with one attached hydrogen (secondary N) is 1. The van der Waals surface area contributed by atoms with Gasteiger partial charge in [0.2, 0.25) is 0 Å². The van der Waals surface area contributed by atoms with Crippen molar-refractivity contribution in [1.29, 1.82) is 0 Å². The highest BCUT2D eigenvalue weighted by atomic mass is 15.5. The van der Waals surface area contributed by atoms with Gasteiger partial charge in [-0.1, -0.05) is 35.9 Å². The zero-order chi connectivity index (χ0) is 9.40. The number of hydrazine groups is 1. The predicted octanol–water partition coefficient (Wildman–Crippen LogP) is 1.68. The third kappa shape index (κ3) is 7.25. The fourth-order valence-electron chi connectivity index (χ4n) is 0.534. The summed E-state index contributed by atoms with van der Waals surface area (Å²) in [6.07, 6.45) is 0. The smallest absolute Gasteiger partial charge is 0.00128 e. The maximum atomic E-state index is 2.86. The molecule has 1 rings (SSSR count). The lowest BCUT2D eigenvalue weighted by Crippen LogP contribution is -2.25. The Morgan fingerprint density at radius 1 is 1.08 bits per heavy atom. The Bertz CT molecular complexity index is 182. The van der Waals surface area contributed by atoms with E-state index in [0.717, 1.165) is 0 Å². The fourth-order valence-corrected chi connectivity index (χ4v) is 0.534. The van der Waals surface area contributed by atoms with Gasteiger partial charge in [-0.3, -0.25) is 10.4 Å². The van der Waals surface area contributed by atoms with E-state index in [1.807, 2.05) is 44.4 Å². The summed E-state index contributed by atoms with van der Waals surface area (Å²) >= 11 is 0. The van der Waals surface area contributed by atoms with Gasteiger partial charge in [0.1, 0.15) is 0 Å². The molecule has 2 nitrogen and oxygen atoms in total. The SMILES string of the molecule is CNN(C)C.Cc1ccccc1. The fraction of sp³-hybridized carbons (Fsp3) is 0.400. The van der Waals surface area contributed by atoms with Gasteiger partial charge in [0.25, 0.3) is 0 Å². The van der Waals surface area contributed by atoms with Crippen molar-refractivity contribution >= 4 is 0 Å². The van der Waals surface area contributed by atoms with Crippen LogP contribution in [0.15, 0.2) is 30.3 Å². The first-order chi connectivity index (χ1) is 5.66. The zero-order valence-electron chi connectivity index (χ0n) is 8.33. The van der Waals surface area contributed by atoms with Crippen LogP contribution in [0, 0.1) is 6.92 Å². The van der Waals surface area contributed by atoms with Gasteiger partial charge in [-0.25, -0.2) is 0 Å². The molecule has 0 aromatic heterocycles. The molecule has 0 aliphatic heterocycles. The molecule has 1 aromatic rings. The summed E-state index contributed by atoms with van der Waals surface area (Å²) in [6, 6.07) is 10.3. The molecule has 0 amide bonds. The molecule has 0 aliphatic carbocycles. The molecule has 0 saturated heterocycles. The number of rotatable bonds is 1. The molecule has 1 aromatic carbocycles. The van der Waals surface area contributed by atoms with E-state index < -0.39 is 0 Å². The first-order valence-electron chi connectivity index (χ1n) is 4.03. The first kappa shape index (κ1) is 11.1. The van der Waals surface area contributed by atoms with Crippen molar-refractivity contribution in [3.05, 3.63) is 35.9 Å². The van der Waals surface area contributed by atoms with Gasteiger partial charge >= 0.3 is 0 Å². The van der Waals surface area contributed by atoms with Crippen LogP contribution in [0.4, 0.5) is 0 Å².